The number of hydrogen-bond donors (Lipinski definition) is 2. The van der Waals surface area contributed by atoms with Gasteiger partial charge in [-0.15, -0.1) is 16.9 Å². The minimum absolute atomic E-state index is 0.224. The molecule has 6 nitrogen and oxygen atoms in total. The van der Waals surface area contributed by atoms with Gasteiger partial charge in [-0.2, -0.15) is 0 Å². The predicted molar refractivity (Wildman–Crippen MR) is 68.8 cm³/mol. The topological polar surface area (TPSA) is 85.8 Å². The summed E-state index contributed by atoms with van der Waals surface area (Å²) in [6, 6.07) is 10.1. The second kappa shape index (κ2) is 6.18. The molecule has 1 amide bonds. The molecular weight excluding hydrogens is 250 g/mol. The summed E-state index contributed by atoms with van der Waals surface area (Å²) in [5.74, 6) is 5.43. The zero-order chi connectivity index (χ0) is 12.8. The molecule has 0 fully saturated rings. The number of hydrazine groups is 1. The van der Waals surface area contributed by atoms with Gasteiger partial charge in [0.25, 0.3) is 5.91 Å². The maximum absolute atomic E-state index is 11.2. The van der Waals surface area contributed by atoms with Crippen LogP contribution in [0.1, 0.15) is 10.5 Å². The van der Waals surface area contributed by atoms with Gasteiger partial charge < -0.3 is 0 Å². The summed E-state index contributed by atoms with van der Waals surface area (Å²) >= 11 is 1.72. The lowest BCUT2D eigenvalue weighted by molar-refractivity contribution is 0.0948. The van der Waals surface area contributed by atoms with Crippen molar-refractivity contribution in [3.63, 3.8) is 0 Å². The first-order valence-corrected chi connectivity index (χ1v) is 6.37. The van der Waals surface area contributed by atoms with Crippen LogP contribution in [-0.4, -0.2) is 26.7 Å². The molecule has 7 heteroatoms. The van der Waals surface area contributed by atoms with Crippen LogP contribution in [0, 0.1) is 0 Å². The first kappa shape index (κ1) is 12.6. The number of hydrogen-bond acceptors (Lipinski definition) is 5. The van der Waals surface area contributed by atoms with Crippen LogP contribution < -0.4 is 11.3 Å². The van der Waals surface area contributed by atoms with E-state index >= 15 is 0 Å². The normalized spacial score (nSPS) is 10.3. The second-order valence-electron chi connectivity index (χ2n) is 3.50. The van der Waals surface area contributed by atoms with Gasteiger partial charge in [0.05, 0.1) is 12.7 Å². The van der Waals surface area contributed by atoms with Crippen molar-refractivity contribution in [3.05, 3.63) is 42.2 Å². The van der Waals surface area contributed by atoms with Crippen molar-refractivity contribution in [2.75, 3.05) is 5.75 Å². The van der Waals surface area contributed by atoms with Crippen molar-refractivity contribution < 1.29 is 4.79 Å². The molecule has 0 aliphatic heterocycles. The van der Waals surface area contributed by atoms with Crippen LogP contribution in [0.4, 0.5) is 0 Å². The number of nitrogens with two attached hydrogens (primary N) is 1. The van der Waals surface area contributed by atoms with Gasteiger partial charge in [-0.1, -0.05) is 23.4 Å². The Morgan fingerprint density at radius 1 is 1.39 bits per heavy atom. The number of carbonyl (C=O) groups excluding carboxylic acids is 1. The van der Waals surface area contributed by atoms with E-state index in [1.807, 2.05) is 23.6 Å². The van der Waals surface area contributed by atoms with Crippen molar-refractivity contribution in [1.82, 2.24) is 20.4 Å². The van der Waals surface area contributed by atoms with Gasteiger partial charge in [-0.3, -0.25) is 14.9 Å². The summed E-state index contributed by atoms with van der Waals surface area (Å²) in [7, 11) is 0. The Hall–Kier alpha value is -1.86. The van der Waals surface area contributed by atoms with Gasteiger partial charge in [-0.25, -0.2) is 5.84 Å². The summed E-state index contributed by atoms with van der Waals surface area (Å²) in [6.07, 6.45) is 1.58. The molecule has 18 heavy (non-hydrogen) atoms. The van der Waals surface area contributed by atoms with E-state index in [0.29, 0.717) is 6.54 Å². The number of amides is 1. The molecule has 0 spiro atoms. The van der Waals surface area contributed by atoms with Crippen LogP contribution in [0.25, 0.3) is 0 Å². The molecule has 94 valence electrons. The standard InChI is InChI=1S/C11H13N5OS/c12-13-11(17)10-8-16(15-14-10)6-7-18-9-4-2-1-3-5-9/h1-5,8H,6-7,12H2,(H,13,17). The van der Waals surface area contributed by atoms with Crippen molar-refractivity contribution in [1.29, 1.82) is 0 Å². The highest BCUT2D eigenvalue weighted by Crippen LogP contribution is 2.16. The Bertz CT molecular complexity index is 513. The molecule has 0 saturated heterocycles. The van der Waals surface area contributed by atoms with E-state index in [-0.39, 0.29) is 5.69 Å². The van der Waals surface area contributed by atoms with Crippen LogP contribution >= 0.6 is 11.8 Å². The highest BCUT2D eigenvalue weighted by molar-refractivity contribution is 7.99. The third kappa shape index (κ3) is 3.31. The number of thioether (sulfide) groups is 1. The molecule has 1 heterocycles. The summed E-state index contributed by atoms with van der Waals surface area (Å²) in [5, 5.41) is 7.58. The molecule has 0 aliphatic carbocycles. The first-order valence-electron chi connectivity index (χ1n) is 5.38. The summed E-state index contributed by atoms with van der Waals surface area (Å²) < 4.78 is 1.63. The number of benzene rings is 1. The average Bonchev–Trinajstić information content (AvgIpc) is 2.88. The quantitative estimate of drug-likeness (QED) is 0.358. The first-order chi connectivity index (χ1) is 8.79. The molecule has 0 bridgehead atoms. The van der Waals surface area contributed by atoms with Gasteiger partial charge >= 0.3 is 0 Å². The molecule has 0 aliphatic rings. The second-order valence-corrected chi connectivity index (χ2v) is 4.67. The monoisotopic (exact) mass is 263 g/mol. The number of nitrogen functional groups attached to an aromatic ring is 1. The fraction of sp³-hybridized carbons (Fsp3) is 0.182. The lowest BCUT2D eigenvalue weighted by atomic mass is 10.4. The minimum Gasteiger partial charge on any atom is -0.289 e. The largest absolute Gasteiger partial charge is 0.289 e. The Balaban J connectivity index is 1.84. The van der Waals surface area contributed by atoms with Gasteiger partial charge in [0, 0.05) is 10.6 Å². The molecule has 0 unspecified atom stereocenters. The van der Waals surface area contributed by atoms with Crippen LogP contribution in [0.15, 0.2) is 41.4 Å². The Labute approximate surface area is 109 Å². The molecule has 2 rings (SSSR count). The maximum atomic E-state index is 11.2. The lowest BCUT2D eigenvalue weighted by Crippen LogP contribution is -2.30. The zero-order valence-electron chi connectivity index (χ0n) is 9.61. The predicted octanol–water partition coefficient (Wildman–Crippen LogP) is 0.674. The van der Waals surface area contributed by atoms with E-state index in [9.17, 15) is 4.79 Å². The molecule has 1 aromatic carbocycles. The summed E-state index contributed by atoms with van der Waals surface area (Å²) in [5.41, 5.74) is 2.24. The SMILES string of the molecule is NNC(=O)c1cn(CCSc2ccccc2)nn1. The highest BCUT2D eigenvalue weighted by Gasteiger charge is 2.08. The van der Waals surface area contributed by atoms with Gasteiger partial charge in [-0.05, 0) is 12.1 Å². The third-order valence-electron chi connectivity index (χ3n) is 2.23. The van der Waals surface area contributed by atoms with Crippen molar-refractivity contribution >= 4 is 17.7 Å². The van der Waals surface area contributed by atoms with Crippen molar-refractivity contribution in [2.24, 2.45) is 5.84 Å². The van der Waals surface area contributed by atoms with E-state index in [0.717, 1.165) is 5.75 Å². The van der Waals surface area contributed by atoms with Crippen molar-refractivity contribution in [2.45, 2.75) is 11.4 Å². The lowest BCUT2D eigenvalue weighted by Gasteiger charge is -2.00. The Kier molecular flexibility index (Phi) is 4.32. The van der Waals surface area contributed by atoms with Crippen molar-refractivity contribution in [3.8, 4) is 0 Å². The molecule has 0 radical (unpaired) electrons. The van der Waals surface area contributed by atoms with E-state index in [2.05, 4.69) is 22.4 Å². The summed E-state index contributed by atoms with van der Waals surface area (Å²) in [4.78, 5) is 12.4. The van der Waals surface area contributed by atoms with Gasteiger partial charge in [0.15, 0.2) is 5.69 Å². The molecule has 0 saturated carbocycles. The molecule has 1 aromatic heterocycles. The fourth-order valence-electron chi connectivity index (χ4n) is 1.36. The molecular formula is C11H13N5OS. The average molecular weight is 263 g/mol. The third-order valence-corrected chi connectivity index (χ3v) is 3.23. The van der Waals surface area contributed by atoms with E-state index < -0.39 is 5.91 Å². The number of carbonyl (C=O) groups is 1. The molecule has 0 atom stereocenters. The number of aryl methyl sites for hydroxylation is 1. The van der Waals surface area contributed by atoms with Crippen LogP contribution in [0.3, 0.4) is 0 Å². The Morgan fingerprint density at radius 2 is 2.17 bits per heavy atom. The maximum Gasteiger partial charge on any atom is 0.287 e. The Morgan fingerprint density at radius 3 is 2.89 bits per heavy atom. The zero-order valence-corrected chi connectivity index (χ0v) is 10.4. The van der Waals surface area contributed by atoms with Gasteiger partial charge in [0.1, 0.15) is 0 Å². The van der Waals surface area contributed by atoms with Crippen LogP contribution in [0.2, 0.25) is 0 Å². The summed E-state index contributed by atoms with van der Waals surface area (Å²) in [6.45, 7) is 0.685. The van der Waals surface area contributed by atoms with Crippen LogP contribution in [0.5, 0.6) is 0 Å². The smallest absolute Gasteiger partial charge is 0.287 e. The highest BCUT2D eigenvalue weighted by atomic mass is 32.2. The fourth-order valence-corrected chi connectivity index (χ4v) is 2.22. The number of aromatic nitrogens is 3. The molecule has 2 aromatic rings. The van der Waals surface area contributed by atoms with E-state index in [1.54, 1.807) is 22.6 Å². The van der Waals surface area contributed by atoms with E-state index in [1.165, 1.54) is 4.90 Å². The minimum atomic E-state index is -0.433. The molecule has 3 N–H and O–H groups in total. The van der Waals surface area contributed by atoms with E-state index in [4.69, 9.17) is 5.84 Å². The van der Waals surface area contributed by atoms with Crippen LogP contribution in [-0.2, 0) is 6.54 Å². The number of rotatable bonds is 5. The number of nitrogens with zero attached hydrogens (tertiary/aromatic N) is 3. The van der Waals surface area contributed by atoms with Gasteiger partial charge in [0.2, 0.25) is 0 Å². The number of nitrogens with one attached hydrogen (secondary N) is 1.